The minimum absolute atomic E-state index is 0.257. The first kappa shape index (κ1) is 22.7. The van der Waals surface area contributed by atoms with Crippen LogP contribution < -0.4 is 4.74 Å². The quantitative estimate of drug-likeness (QED) is 0.237. The Hall–Kier alpha value is -3.43. The van der Waals surface area contributed by atoms with Crippen LogP contribution in [0.4, 0.5) is 0 Å². The number of hydrogen-bond donors (Lipinski definition) is 0. The molecule has 186 valence electrons. The molecule has 37 heavy (non-hydrogen) atoms. The van der Waals surface area contributed by atoms with Crippen molar-refractivity contribution in [3.63, 3.8) is 0 Å². The van der Waals surface area contributed by atoms with Gasteiger partial charge >= 0.3 is 0 Å². The molecule has 1 unspecified atom stereocenters. The first-order valence-corrected chi connectivity index (χ1v) is 13.8. The van der Waals surface area contributed by atoms with Crippen molar-refractivity contribution in [2.24, 2.45) is 11.8 Å². The molecular weight excluding hydrogens is 452 g/mol. The van der Waals surface area contributed by atoms with Gasteiger partial charge in [-0.3, -0.25) is 9.88 Å². The van der Waals surface area contributed by atoms with Gasteiger partial charge in [-0.25, -0.2) is 0 Å². The number of fused-ring (bicyclic) bond motifs is 7. The lowest BCUT2D eigenvalue weighted by molar-refractivity contribution is -0.00621. The van der Waals surface area contributed by atoms with Crippen LogP contribution in [0.1, 0.15) is 43.2 Å². The lowest BCUT2D eigenvalue weighted by Gasteiger charge is -2.52. The van der Waals surface area contributed by atoms with Crippen molar-refractivity contribution in [1.82, 2.24) is 9.88 Å². The highest BCUT2D eigenvalue weighted by Crippen LogP contribution is 2.48. The number of piperidine rings is 3. The molecule has 4 aromatic carbocycles. The second-order valence-electron chi connectivity index (χ2n) is 11.0. The van der Waals surface area contributed by atoms with Crippen molar-refractivity contribution in [1.29, 1.82) is 0 Å². The third-order valence-electron chi connectivity index (χ3n) is 9.30. The summed E-state index contributed by atoms with van der Waals surface area (Å²) in [5, 5.41) is 6.57. The zero-order chi connectivity index (χ0) is 24.9. The fourth-order valence-corrected chi connectivity index (χ4v) is 7.46. The summed E-state index contributed by atoms with van der Waals surface area (Å²) in [6.45, 7) is 4.80. The predicted molar refractivity (Wildman–Crippen MR) is 153 cm³/mol. The van der Waals surface area contributed by atoms with E-state index in [0.29, 0.717) is 6.04 Å². The molecule has 3 nitrogen and oxygen atoms in total. The van der Waals surface area contributed by atoms with Gasteiger partial charge in [-0.05, 0) is 94.2 Å². The molecule has 0 amide bonds. The summed E-state index contributed by atoms with van der Waals surface area (Å²) < 4.78 is 5.68. The number of pyridine rings is 1. The smallest absolute Gasteiger partial charge is 0.119 e. The molecule has 8 rings (SSSR count). The number of methoxy groups -OCH3 is 1. The van der Waals surface area contributed by atoms with Crippen LogP contribution in [0.3, 0.4) is 0 Å². The van der Waals surface area contributed by atoms with E-state index in [1.165, 1.54) is 70.4 Å². The largest absolute Gasteiger partial charge is 0.497 e. The number of nitrogens with zero attached hydrogens (tertiary/aromatic N) is 2. The van der Waals surface area contributed by atoms with Gasteiger partial charge in [0.25, 0.3) is 0 Å². The van der Waals surface area contributed by atoms with Crippen molar-refractivity contribution in [2.75, 3.05) is 20.2 Å². The lowest BCUT2D eigenvalue weighted by Crippen LogP contribution is -2.55. The van der Waals surface area contributed by atoms with E-state index in [-0.39, 0.29) is 5.92 Å². The molecule has 1 aromatic heterocycles. The van der Waals surface area contributed by atoms with Crippen molar-refractivity contribution >= 4 is 32.4 Å². The maximum Gasteiger partial charge on any atom is 0.119 e. The third-order valence-corrected chi connectivity index (χ3v) is 9.30. The molecule has 3 heteroatoms. The molecule has 4 heterocycles. The lowest BCUT2D eigenvalue weighted by atomic mass is 9.68. The zero-order valence-corrected chi connectivity index (χ0v) is 21.7. The summed E-state index contributed by atoms with van der Waals surface area (Å²) >= 11 is 0. The summed E-state index contributed by atoms with van der Waals surface area (Å²) in [6, 6.07) is 29.4. The number of rotatable bonds is 5. The van der Waals surface area contributed by atoms with Crippen LogP contribution in [0.25, 0.3) is 32.4 Å². The van der Waals surface area contributed by atoms with E-state index in [1.807, 2.05) is 12.3 Å². The van der Waals surface area contributed by atoms with Gasteiger partial charge in [-0.2, -0.15) is 0 Å². The average molecular weight is 487 g/mol. The monoisotopic (exact) mass is 486 g/mol. The summed E-state index contributed by atoms with van der Waals surface area (Å²) in [4.78, 5) is 7.57. The summed E-state index contributed by atoms with van der Waals surface area (Å²) in [5.74, 6) is 2.79. The van der Waals surface area contributed by atoms with E-state index < -0.39 is 0 Å². The Kier molecular flexibility index (Phi) is 5.62. The third kappa shape index (κ3) is 3.71. The van der Waals surface area contributed by atoms with Crippen LogP contribution in [-0.4, -0.2) is 36.1 Å². The van der Waals surface area contributed by atoms with E-state index in [1.54, 1.807) is 7.11 Å². The van der Waals surface area contributed by atoms with E-state index in [4.69, 9.17) is 9.72 Å². The summed E-state index contributed by atoms with van der Waals surface area (Å²) in [5.41, 5.74) is 3.85. The molecule has 3 aliphatic rings. The van der Waals surface area contributed by atoms with E-state index in [0.717, 1.165) is 23.1 Å². The molecule has 3 aliphatic heterocycles. The Morgan fingerprint density at radius 3 is 2.49 bits per heavy atom. The summed E-state index contributed by atoms with van der Waals surface area (Å²) in [7, 11) is 1.75. The Labute approximate surface area is 219 Å². The topological polar surface area (TPSA) is 25.4 Å². The Balaban J connectivity index is 1.51. The highest BCUT2D eigenvalue weighted by Gasteiger charge is 2.44. The molecule has 5 aromatic rings. The predicted octanol–water partition coefficient (Wildman–Crippen LogP) is 7.80. The minimum atomic E-state index is 0.257. The van der Waals surface area contributed by atoms with Gasteiger partial charge in [0, 0.05) is 30.1 Å². The normalized spacial score (nSPS) is 24.1. The highest BCUT2D eigenvalue weighted by molar-refractivity contribution is 6.09. The molecule has 0 spiro atoms. The van der Waals surface area contributed by atoms with Crippen LogP contribution in [0.15, 0.2) is 85.1 Å². The SMILES string of the molecule is CC[C@H]1CN2CC[C@H]1C[C@H]2[C@@H](c1ccnc2ccc(OC)cc12)c1cc2ccccc2c2ccccc12. The van der Waals surface area contributed by atoms with Crippen LogP contribution in [0.2, 0.25) is 0 Å². The fourth-order valence-electron chi connectivity index (χ4n) is 7.46. The summed E-state index contributed by atoms with van der Waals surface area (Å²) in [6.07, 6.45) is 5.89. The molecular formula is C34H34N2O. The maximum absolute atomic E-state index is 5.68. The molecule has 0 N–H and O–H groups in total. The number of hydrogen-bond acceptors (Lipinski definition) is 3. The Morgan fingerprint density at radius 1 is 0.892 bits per heavy atom. The van der Waals surface area contributed by atoms with Gasteiger partial charge in [0.1, 0.15) is 5.75 Å². The van der Waals surface area contributed by atoms with Gasteiger partial charge in [0.2, 0.25) is 0 Å². The van der Waals surface area contributed by atoms with Crippen molar-refractivity contribution in [2.45, 2.75) is 38.1 Å². The molecule has 5 atom stereocenters. The van der Waals surface area contributed by atoms with Crippen LogP contribution in [-0.2, 0) is 0 Å². The number of ether oxygens (including phenoxy) is 1. The van der Waals surface area contributed by atoms with Gasteiger partial charge < -0.3 is 4.74 Å². The van der Waals surface area contributed by atoms with Crippen LogP contribution >= 0.6 is 0 Å². The zero-order valence-electron chi connectivity index (χ0n) is 21.7. The first-order chi connectivity index (χ1) is 18.2. The Morgan fingerprint density at radius 2 is 1.70 bits per heavy atom. The molecule has 0 radical (unpaired) electrons. The van der Waals surface area contributed by atoms with Gasteiger partial charge in [0.15, 0.2) is 0 Å². The number of aromatic nitrogens is 1. The Bertz CT molecular complexity index is 1610. The van der Waals surface area contributed by atoms with Crippen molar-refractivity contribution in [3.8, 4) is 5.75 Å². The van der Waals surface area contributed by atoms with Crippen LogP contribution in [0.5, 0.6) is 5.75 Å². The van der Waals surface area contributed by atoms with Gasteiger partial charge in [-0.1, -0.05) is 61.9 Å². The second-order valence-corrected chi connectivity index (χ2v) is 11.0. The second kappa shape index (κ2) is 9.15. The van der Waals surface area contributed by atoms with Gasteiger partial charge in [-0.15, -0.1) is 0 Å². The molecule has 0 aliphatic carbocycles. The average Bonchev–Trinajstić information content (AvgIpc) is 2.97. The highest BCUT2D eigenvalue weighted by atomic mass is 16.5. The fraction of sp³-hybridized carbons (Fsp3) is 0.324. The van der Waals surface area contributed by atoms with E-state index in [2.05, 4.69) is 84.6 Å². The van der Waals surface area contributed by atoms with E-state index >= 15 is 0 Å². The minimum Gasteiger partial charge on any atom is -0.497 e. The maximum atomic E-state index is 5.68. The molecule has 3 fully saturated rings. The van der Waals surface area contributed by atoms with Crippen molar-refractivity contribution < 1.29 is 4.74 Å². The molecule has 2 bridgehead atoms. The number of benzene rings is 4. The van der Waals surface area contributed by atoms with Crippen LogP contribution in [0, 0.1) is 11.8 Å². The molecule has 0 saturated carbocycles. The molecule has 3 saturated heterocycles. The van der Waals surface area contributed by atoms with E-state index in [9.17, 15) is 0 Å². The van der Waals surface area contributed by atoms with Gasteiger partial charge in [0.05, 0.1) is 12.6 Å². The first-order valence-electron chi connectivity index (χ1n) is 13.8. The van der Waals surface area contributed by atoms with Crippen molar-refractivity contribution in [3.05, 3.63) is 96.2 Å². The standard InChI is InChI=1S/C34H34N2O/c1-3-22-21-36-17-15-23(22)19-33(36)34(29-14-16-35-32-13-12-25(37-2)20-30(29)32)31-18-24-8-4-5-9-26(24)27-10-6-7-11-28(27)31/h4-14,16,18,20,22-23,33-34H,3,15,17,19,21H2,1-2H3/t22-,23-,33-,34-/m0/s1.